The van der Waals surface area contributed by atoms with Gasteiger partial charge in [0.25, 0.3) is 0 Å². The standard InChI is InChI=1S/C19H19N3O3S/c1-12-7-9-15(10-8-12)22-18(19(24)25-21-22)26-11-16(23)20-17-13(2)5-4-6-14(17)3/h4-10H,11H2,1-3H3,(H-,20,21,23,24)/p+1. The summed E-state index contributed by atoms with van der Waals surface area (Å²) in [5.41, 5.74) is 4.18. The number of H-pyrrole nitrogens is 1. The molecule has 1 heterocycles. The molecule has 0 atom stereocenters. The van der Waals surface area contributed by atoms with E-state index in [-0.39, 0.29) is 11.7 Å². The van der Waals surface area contributed by atoms with Crippen LogP contribution in [0.5, 0.6) is 0 Å². The van der Waals surface area contributed by atoms with E-state index in [1.807, 2.05) is 63.2 Å². The monoisotopic (exact) mass is 370 g/mol. The summed E-state index contributed by atoms with van der Waals surface area (Å²) < 4.78 is 6.44. The molecule has 2 aromatic carbocycles. The van der Waals surface area contributed by atoms with Gasteiger partial charge in [0.15, 0.2) is 0 Å². The highest BCUT2D eigenvalue weighted by Gasteiger charge is 2.25. The number of rotatable bonds is 5. The van der Waals surface area contributed by atoms with E-state index >= 15 is 0 Å². The second-order valence-corrected chi connectivity index (χ2v) is 7.02. The summed E-state index contributed by atoms with van der Waals surface area (Å²) in [7, 11) is 0. The maximum absolute atomic E-state index is 12.3. The molecule has 0 bridgehead atoms. The number of nitrogens with zero attached hydrogens (tertiary/aromatic N) is 1. The van der Waals surface area contributed by atoms with E-state index in [1.165, 1.54) is 0 Å². The van der Waals surface area contributed by atoms with Crippen LogP contribution in [-0.2, 0) is 4.79 Å². The van der Waals surface area contributed by atoms with Gasteiger partial charge in [0.1, 0.15) is 0 Å². The SMILES string of the molecule is Cc1ccc(-[n+]2[nH]oc(=O)c2SCC(=O)Nc2c(C)cccc2C)cc1. The minimum absolute atomic E-state index is 0.0995. The van der Waals surface area contributed by atoms with Crippen molar-refractivity contribution in [2.24, 2.45) is 0 Å². The number of amides is 1. The zero-order valence-corrected chi connectivity index (χ0v) is 15.6. The van der Waals surface area contributed by atoms with Crippen molar-refractivity contribution in [3.8, 4) is 5.69 Å². The molecular formula is C19H20N3O3S+. The smallest absolute Gasteiger partial charge is 0.325 e. The van der Waals surface area contributed by atoms with Crippen LogP contribution in [0.1, 0.15) is 16.7 Å². The maximum atomic E-state index is 12.3. The Morgan fingerprint density at radius 1 is 1.12 bits per heavy atom. The van der Waals surface area contributed by atoms with Crippen molar-refractivity contribution in [2.75, 3.05) is 11.1 Å². The number of carbonyl (C=O) groups is 1. The third kappa shape index (κ3) is 3.88. The Kier molecular flexibility index (Phi) is 5.27. The van der Waals surface area contributed by atoms with Gasteiger partial charge in [-0.1, -0.05) is 35.9 Å². The van der Waals surface area contributed by atoms with E-state index in [0.717, 1.165) is 39.8 Å². The van der Waals surface area contributed by atoms with Crippen LogP contribution in [-0.4, -0.2) is 16.9 Å². The van der Waals surface area contributed by atoms with Crippen LogP contribution in [0.4, 0.5) is 5.69 Å². The van der Waals surface area contributed by atoms with Crippen molar-refractivity contribution < 1.29 is 14.0 Å². The first-order valence-electron chi connectivity index (χ1n) is 8.15. The second kappa shape index (κ2) is 7.61. The minimum atomic E-state index is -0.504. The van der Waals surface area contributed by atoms with Gasteiger partial charge >= 0.3 is 10.7 Å². The van der Waals surface area contributed by atoms with Crippen LogP contribution in [0.3, 0.4) is 0 Å². The molecule has 0 spiro atoms. The Balaban J connectivity index is 1.74. The molecule has 0 saturated carbocycles. The van der Waals surface area contributed by atoms with E-state index < -0.39 is 5.63 Å². The predicted octanol–water partition coefficient (Wildman–Crippen LogP) is 2.90. The van der Waals surface area contributed by atoms with Gasteiger partial charge in [-0.25, -0.2) is 4.79 Å². The topological polar surface area (TPSA) is 79.0 Å². The van der Waals surface area contributed by atoms with Crippen molar-refractivity contribution >= 4 is 23.4 Å². The maximum Gasteiger partial charge on any atom is 0.442 e. The molecule has 134 valence electrons. The van der Waals surface area contributed by atoms with Crippen LogP contribution in [0.25, 0.3) is 5.69 Å². The Morgan fingerprint density at radius 2 is 1.77 bits per heavy atom. The molecule has 6 nitrogen and oxygen atoms in total. The fraction of sp³-hybridized carbons (Fsp3) is 0.211. The normalized spacial score (nSPS) is 10.7. The van der Waals surface area contributed by atoms with Crippen molar-refractivity contribution in [2.45, 2.75) is 25.8 Å². The molecule has 7 heteroatoms. The lowest BCUT2D eigenvalue weighted by Crippen LogP contribution is -2.36. The first-order chi connectivity index (χ1) is 12.5. The van der Waals surface area contributed by atoms with E-state index in [2.05, 4.69) is 10.6 Å². The number of aromatic nitrogens is 2. The van der Waals surface area contributed by atoms with Crippen LogP contribution in [0, 0.1) is 20.8 Å². The number of thioether (sulfide) groups is 1. The molecule has 2 N–H and O–H groups in total. The van der Waals surface area contributed by atoms with Crippen LogP contribution >= 0.6 is 11.8 Å². The number of aromatic amines is 1. The van der Waals surface area contributed by atoms with Crippen molar-refractivity contribution in [1.82, 2.24) is 5.27 Å². The number of hydrogen-bond donors (Lipinski definition) is 2. The van der Waals surface area contributed by atoms with Gasteiger partial charge in [-0.3, -0.25) is 9.32 Å². The van der Waals surface area contributed by atoms with E-state index in [4.69, 9.17) is 4.52 Å². The van der Waals surface area contributed by atoms with E-state index in [0.29, 0.717) is 5.03 Å². The fourth-order valence-electron chi connectivity index (χ4n) is 2.57. The third-order valence-corrected chi connectivity index (χ3v) is 5.01. The molecule has 3 rings (SSSR count). The Labute approximate surface area is 155 Å². The Bertz CT molecular complexity index is 970. The van der Waals surface area contributed by atoms with Crippen molar-refractivity contribution in [3.63, 3.8) is 0 Å². The number of para-hydroxylation sites is 1. The summed E-state index contributed by atoms with van der Waals surface area (Å²) in [6.07, 6.45) is 0. The number of benzene rings is 2. The summed E-state index contributed by atoms with van der Waals surface area (Å²) in [5, 5.41) is 5.82. The summed E-state index contributed by atoms with van der Waals surface area (Å²) >= 11 is 1.13. The molecule has 1 amide bonds. The molecule has 0 aliphatic heterocycles. The lowest BCUT2D eigenvalue weighted by atomic mass is 10.1. The van der Waals surface area contributed by atoms with Crippen molar-refractivity contribution in [3.05, 3.63) is 69.6 Å². The average Bonchev–Trinajstić information content (AvgIpc) is 2.98. The first-order valence-corrected chi connectivity index (χ1v) is 9.13. The van der Waals surface area contributed by atoms with Crippen molar-refractivity contribution in [1.29, 1.82) is 0 Å². The van der Waals surface area contributed by atoms with Gasteiger partial charge in [-0.2, -0.15) is 0 Å². The first kappa shape index (κ1) is 18.0. The molecule has 0 unspecified atom stereocenters. The molecule has 0 fully saturated rings. The van der Waals surface area contributed by atoms with Gasteiger partial charge in [-0.05, 0) is 53.6 Å². The number of hydrogen-bond acceptors (Lipinski definition) is 4. The highest BCUT2D eigenvalue weighted by atomic mass is 32.2. The minimum Gasteiger partial charge on any atom is -0.325 e. The highest BCUT2D eigenvalue weighted by molar-refractivity contribution is 7.99. The number of carbonyl (C=O) groups excluding carboxylic acids is 1. The fourth-order valence-corrected chi connectivity index (χ4v) is 3.34. The second-order valence-electron chi connectivity index (χ2n) is 6.06. The molecule has 0 radical (unpaired) electrons. The molecule has 3 aromatic rings. The van der Waals surface area contributed by atoms with Gasteiger partial charge in [0.2, 0.25) is 11.6 Å². The Morgan fingerprint density at radius 3 is 2.42 bits per heavy atom. The Hall–Kier alpha value is -2.80. The summed E-state index contributed by atoms with van der Waals surface area (Å²) in [5.74, 6) is -0.0779. The molecule has 0 aliphatic carbocycles. The van der Waals surface area contributed by atoms with Crippen LogP contribution in [0.2, 0.25) is 0 Å². The quantitative estimate of drug-likeness (QED) is 0.535. The number of aryl methyl sites for hydroxylation is 3. The van der Waals surface area contributed by atoms with E-state index in [9.17, 15) is 9.59 Å². The summed E-state index contributed by atoms with van der Waals surface area (Å²) in [6, 6.07) is 13.5. The number of anilines is 1. The molecule has 1 aromatic heterocycles. The van der Waals surface area contributed by atoms with Gasteiger partial charge in [0.05, 0.1) is 5.75 Å². The third-order valence-electron chi connectivity index (χ3n) is 3.99. The largest absolute Gasteiger partial charge is 0.442 e. The molecule has 0 aliphatic rings. The highest BCUT2D eigenvalue weighted by Crippen LogP contribution is 2.20. The van der Waals surface area contributed by atoms with Crippen LogP contribution < -0.4 is 15.6 Å². The van der Waals surface area contributed by atoms with Gasteiger partial charge in [0, 0.05) is 17.8 Å². The van der Waals surface area contributed by atoms with Gasteiger partial charge < -0.3 is 5.32 Å². The van der Waals surface area contributed by atoms with E-state index in [1.54, 1.807) is 4.68 Å². The lowest BCUT2D eigenvalue weighted by molar-refractivity contribution is -0.704. The van der Waals surface area contributed by atoms with Crippen LogP contribution in [0.15, 0.2) is 56.8 Å². The molecule has 0 saturated heterocycles. The average molecular weight is 370 g/mol. The summed E-state index contributed by atoms with van der Waals surface area (Å²) in [6.45, 7) is 5.88. The summed E-state index contributed by atoms with van der Waals surface area (Å²) in [4.78, 5) is 24.3. The molecule has 26 heavy (non-hydrogen) atoms. The van der Waals surface area contributed by atoms with Gasteiger partial charge in [-0.15, -0.1) is 0 Å². The zero-order valence-electron chi connectivity index (χ0n) is 14.8. The predicted molar refractivity (Wildman–Crippen MR) is 101 cm³/mol. The lowest BCUT2D eigenvalue weighted by Gasteiger charge is -2.10. The number of nitrogens with one attached hydrogen (secondary N) is 2. The molecular weight excluding hydrogens is 350 g/mol. The zero-order chi connectivity index (χ0) is 18.7.